The average molecular weight is 604 g/mol. The molecule has 0 unspecified atom stereocenters. The maximum atomic E-state index is 6.25. The van der Waals surface area contributed by atoms with Gasteiger partial charge >= 0.3 is 0 Å². The molecule has 0 saturated carbocycles. The van der Waals surface area contributed by atoms with E-state index in [4.69, 9.17) is 19.4 Å². The van der Waals surface area contributed by atoms with Crippen molar-refractivity contribution in [2.45, 2.75) is 12.8 Å². The molecule has 4 nitrogen and oxygen atoms in total. The van der Waals surface area contributed by atoms with Crippen LogP contribution in [0.5, 0.6) is 0 Å². The van der Waals surface area contributed by atoms with Crippen LogP contribution in [-0.2, 0) is 6.42 Å². The van der Waals surface area contributed by atoms with Gasteiger partial charge in [-0.25, -0.2) is 15.0 Å². The van der Waals surface area contributed by atoms with Crippen LogP contribution < -0.4 is 0 Å². The SMILES string of the molecule is C1=Cc2c(-c3nc(-c4ccccc4)nc(-c4ccc(-c5ccccc5)cc4)n3)ccc(-c3cccc4oc5ccccc5c34)c2CC1. The number of allylic oxidation sites excluding steroid dienone is 1. The fourth-order valence-electron chi connectivity index (χ4n) is 6.78. The predicted octanol–water partition coefficient (Wildman–Crippen LogP) is 11.1. The van der Waals surface area contributed by atoms with Gasteiger partial charge in [-0.05, 0) is 64.4 Å². The number of aromatic nitrogens is 3. The lowest BCUT2D eigenvalue weighted by Crippen LogP contribution is -2.05. The summed E-state index contributed by atoms with van der Waals surface area (Å²) in [6, 6.07) is 48.1. The summed E-state index contributed by atoms with van der Waals surface area (Å²) in [6.07, 6.45) is 6.42. The van der Waals surface area contributed by atoms with Crippen molar-refractivity contribution >= 4 is 28.0 Å². The van der Waals surface area contributed by atoms with Crippen LogP contribution in [0.1, 0.15) is 17.5 Å². The Bertz CT molecular complexity index is 2440. The van der Waals surface area contributed by atoms with E-state index in [0.717, 1.165) is 62.6 Å². The molecule has 6 aromatic carbocycles. The standard InChI is InChI=1S/C43H29N3O/c1-3-12-28(13-4-1)29-22-24-31(25-23-29)42-44-41(30-14-5-2-6-15-30)45-43(46-42)36-27-26-34(32-16-7-8-17-33(32)36)35-19-11-21-39-40(35)37-18-9-10-20-38(37)47-39/h1-6,8-15,17-27H,7,16H2. The fraction of sp³-hybridized carbons (Fsp3) is 0.0465. The third kappa shape index (κ3) is 4.82. The number of hydrogen-bond donors (Lipinski definition) is 0. The van der Waals surface area contributed by atoms with Crippen molar-refractivity contribution in [2.75, 3.05) is 0 Å². The number of rotatable bonds is 5. The van der Waals surface area contributed by atoms with Gasteiger partial charge in [0.25, 0.3) is 0 Å². The van der Waals surface area contributed by atoms with Gasteiger partial charge in [0, 0.05) is 27.5 Å². The number of hydrogen-bond acceptors (Lipinski definition) is 4. The van der Waals surface area contributed by atoms with Crippen molar-refractivity contribution in [3.8, 4) is 56.4 Å². The summed E-state index contributed by atoms with van der Waals surface area (Å²) in [7, 11) is 0. The molecule has 0 spiro atoms. The monoisotopic (exact) mass is 603 g/mol. The summed E-state index contributed by atoms with van der Waals surface area (Å²) in [6.45, 7) is 0. The van der Waals surface area contributed by atoms with E-state index in [0.29, 0.717) is 17.5 Å². The number of fused-ring (bicyclic) bond motifs is 4. The van der Waals surface area contributed by atoms with Crippen molar-refractivity contribution in [3.05, 3.63) is 157 Å². The maximum absolute atomic E-state index is 6.25. The molecule has 222 valence electrons. The summed E-state index contributed by atoms with van der Waals surface area (Å²) < 4.78 is 6.25. The first-order valence-electron chi connectivity index (χ1n) is 16.0. The molecule has 2 heterocycles. The van der Waals surface area contributed by atoms with E-state index in [1.54, 1.807) is 0 Å². The highest BCUT2D eigenvalue weighted by Gasteiger charge is 2.22. The molecule has 0 aliphatic heterocycles. The number of para-hydroxylation sites is 1. The number of furan rings is 1. The van der Waals surface area contributed by atoms with E-state index in [2.05, 4.69) is 115 Å². The van der Waals surface area contributed by atoms with Gasteiger partial charge in [0.15, 0.2) is 17.5 Å². The van der Waals surface area contributed by atoms with Crippen LogP contribution in [0.3, 0.4) is 0 Å². The van der Waals surface area contributed by atoms with Crippen LogP contribution in [0, 0.1) is 0 Å². The van der Waals surface area contributed by atoms with E-state index in [1.807, 2.05) is 36.4 Å². The average Bonchev–Trinajstić information content (AvgIpc) is 3.54. The Morgan fingerprint density at radius 3 is 1.83 bits per heavy atom. The molecule has 47 heavy (non-hydrogen) atoms. The Labute approximate surface area is 272 Å². The molecule has 1 aliphatic rings. The highest BCUT2D eigenvalue weighted by molar-refractivity contribution is 6.13. The molecular formula is C43H29N3O. The van der Waals surface area contributed by atoms with Crippen LogP contribution >= 0.6 is 0 Å². The first-order valence-corrected chi connectivity index (χ1v) is 16.0. The van der Waals surface area contributed by atoms with E-state index < -0.39 is 0 Å². The summed E-state index contributed by atoms with van der Waals surface area (Å²) in [5.41, 5.74) is 11.9. The number of benzene rings is 6. The summed E-state index contributed by atoms with van der Waals surface area (Å²) >= 11 is 0. The minimum Gasteiger partial charge on any atom is -0.456 e. The molecule has 0 atom stereocenters. The van der Waals surface area contributed by atoms with Crippen LogP contribution in [0.25, 0.3) is 84.4 Å². The second-order valence-electron chi connectivity index (χ2n) is 11.9. The van der Waals surface area contributed by atoms with Gasteiger partial charge in [-0.2, -0.15) is 0 Å². The zero-order chi connectivity index (χ0) is 31.2. The minimum atomic E-state index is 0.653. The third-order valence-electron chi connectivity index (χ3n) is 9.05. The summed E-state index contributed by atoms with van der Waals surface area (Å²) in [5.74, 6) is 1.98. The van der Waals surface area contributed by atoms with Crippen LogP contribution in [0.15, 0.2) is 150 Å². The fourth-order valence-corrected chi connectivity index (χ4v) is 6.78. The Hall–Kier alpha value is -6.13. The van der Waals surface area contributed by atoms with Crippen LogP contribution in [0.4, 0.5) is 0 Å². The van der Waals surface area contributed by atoms with Crippen molar-refractivity contribution in [3.63, 3.8) is 0 Å². The number of nitrogens with zero attached hydrogens (tertiary/aromatic N) is 3. The van der Waals surface area contributed by atoms with Crippen LogP contribution in [0.2, 0.25) is 0 Å². The third-order valence-corrected chi connectivity index (χ3v) is 9.05. The quantitative estimate of drug-likeness (QED) is 0.196. The Balaban J connectivity index is 1.21. The molecule has 8 aromatic rings. The van der Waals surface area contributed by atoms with Gasteiger partial charge in [0.05, 0.1) is 0 Å². The molecular weight excluding hydrogens is 574 g/mol. The Morgan fingerprint density at radius 2 is 1.04 bits per heavy atom. The second kappa shape index (κ2) is 11.3. The molecule has 4 heteroatoms. The second-order valence-corrected chi connectivity index (χ2v) is 11.9. The first-order chi connectivity index (χ1) is 23.3. The zero-order valence-corrected chi connectivity index (χ0v) is 25.6. The molecule has 2 aromatic heterocycles. The molecule has 0 N–H and O–H groups in total. The minimum absolute atomic E-state index is 0.653. The van der Waals surface area contributed by atoms with Gasteiger partial charge < -0.3 is 4.42 Å². The van der Waals surface area contributed by atoms with E-state index in [1.165, 1.54) is 22.3 Å². The molecule has 0 saturated heterocycles. The van der Waals surface area contributed by atoms with Gasteiger partial charge in [-0.3, -0.25) is 0 Å². The first kappa shape index (κ1) is 27.2. The lowest BCUT2D eigenvalue weighted by molar-refractivity contribution is 0.669. The lowest BCUT2D eigenvalue weighted by Gasteiger charge is -2.20. The molecule has 0 bridgehead atoms. The van der Waals surface area contributed by atoms with Crippen molar-refractivity contribution < 1.29 is 4.42 Å². The predicted molar refractivity (Wildman–Crippen MR) is 192 cm³/mol. The van der Waals surface area contributed by atoms with Crippen LogP contribution in [-0.4, -0.2) is 15.0 Å². The molecule has 0 fully saturated rings. The molecule has 9 rings (SSSR count). The molecule has 0 radical (unpaired) electrons. The van der Waals surface area contributed by atoms with E-state index in [-0.39, 0.29) is 0 Å². The van der Waals surface area contributed by atoms with Crippen molar-refractivity contribution in [1.82, 2.24) is 15.0 Å². The van der Waals surface area contributed by atoms with Crippen molar-refractivity contribution in [2.24, 2.45) is 0 Å². The summed E-state index contributed by atoms with van der Waals surface area (Å²) in [5, 5.41) is 2.29. The van der Waals surface area contributed by atoms with E-state index >= 15 is 0 Å². The molecule has 0 amide bonds. The topological polar surface area (TPSA) is 51.8 Å². The Morgan fingerprint density at radius 1 is 0.447 bits per heavy atom. The van der Waals surface area contributed by atoms with E-state index in [9.17, 15) is 0 Å². The normalized spacial score (nSPS) is 12.4. The highest BCUT2D eigenvalue weighted by atomic mass is 16.3. The van der Waals surface area contributed by atoms with Gasteiger partial charge in [0.1, 0.15) is 11.2 Å². The van der Waals surface area contributed by atoms with Crippen molar-refractivity contribution in [1.29, 1.82) is 0 Å². The Kier molecular flexibility index (Phi) is 6.57. The summed E-state index contributed by atoms with van der Waals surface area (Å²) in [4.78, 5) is 15.2. The maximum Gasteiger partial charge on any atom is 0.164 e. The molecule has 1 aliphatic carbocycles. The smallest absolute Gasteiger partial charge is 0.164 e. The highest BCUT2D eigenvalue weighted by Crippen LogP contribution is 2.42. The lowest BCUT2D eigenvalue weighted by atomic mass is 9.85. The van der Waals surface area contributed by atoms with Gasteiger partial charge in [-0.15, -0.1) is 0 Å². The largest absolute Gasteiger partial charge is 0.456 e. The zero-order valence-electron chi connectivity index (χ0n) is 25.6. The van der Waals surface area contributed by atoms with Gasteiger partial charge in [-0.1, -0.05) is 133 Å². The van der Waals surface area contributed by atoms with Gasteiger partial charge in [0.2, 0.25) is 0 Å².